The third-order valence-corrected chi connectivity index (χ3v) is 7.26. The van der Waals surface area contributed by atoms with Crippen LogP contribution in [0.2, 0.25) is 0 Å². The molecule has 1 atom stereocenters. The molecule has 1 aliphatic rings. The molecule has 1 fully saturated rings. The fourth-order valence-electron chi connectivity index (χ4n) is 4.36. The summed E-state index contributed by atoms with van der Waals surface area (Å²) in [6.45, 7) is 5.28. The first-order chi connectivity index (χ1) is 17.7. The summed E-state index contributed by atoms with van der Waals surface area (Å²) in [6.07, 6.45) is -0.115. The van der Waals surface area contributed by atoms with Crippen molar-refractivity contribution in [3.05, 3.63) is 48.0 Å². The van der Waals surface area contributed by atoms with Crippen molar-refractivity contribution in [2.45, 2.75) is 32.6 Å². The Labute approximate surface area is 214 Å². The normalized spacial score (nSPS) is 16.4. The molecule has 0 spiro atoms. The number of alkyl halides is 3. The van der Waals surface area contributed by atoms with Gasteiger partial charge < -0.3 is 19.1 Å². The van der Waals surface area contributed by atoms with Gasteiger partial charge in [0.1, 0.15) is 17.2 Å². The molecule has 9 nitrogen and oxygen atoms in total. The van der Waals surface area contributed by atoms with E-state index in [1.54, 1.807) is 22.7 Å². The lowest BCUT2D eigenvalue weighted by Gasteiger charge is -2.40. The summed E-state index contributed by atoms with van der Waals surface area (Å²) in [5.41, 5.74) is 2.21. The van der Waals surface area contributed by atoms with Gasteiger partial charge >= 0.3 is 12.2 Å². The summed E-state index contributed by atoms with van der Waals surface area (Å²) >= 11 is 0.586. The number of carbonyl (C=O) groups excluding carboxylic acids is 1. The molecule has 4 aromatic rings. The van der Waals surface area contributed by atoms with E-state index in [0.29, 0.717) is 48.1 Å². The Balaban J connectivity index is 1.35. The highest BCUT2D eigenvalue weighted by atomic mass is 32.1. The van der Waals surface area contributed by atoms with Gasteiger partial charge in [0.15, 0.2) is 0 Å². The summed E-state index contributed by atoms with van der Waals surface area (Å²) in [6, 6.07) is 7.49. The quantitative estimate of drug-likeness (QED) is 0.370. The van der Waals surface area contributed by atoms with Crippen LogP contribution < -0.4 is 9.64 Å². The Hall–Kier alpha value is -3.74. The third-order valence-electron chi connectivity index (χ3n) is 6.09. The van der Waals surface area contributed by atoms with Crippen molar-refractivity contribution in [1.82, 2.24) is 29.4 Å². The zero-order valence-corrected chi connectivity index (χ0v) is 21.0. The Bertz CT molecular complexity index is 1400. The van der Waals surface area contributed by atoms with Gasteiger partial charge in [0, 0.05) is 43.6 Å². The lowest BCUT2D eigenvalue weighted by atomic mass is 10.1. The molecule has 0 N–H and O–H groups in total. The number of para-hydroxylation sites is 2. The van der Waals surface area contributed by atoms with Crippen LogP contribution in [0.4, 0.5) is 18.2 Å². The lowest BCUT2D eigenvalue weighted by Crippen LogP contribution is -2.54. The standard InChI is InChI=1S/C24H24F3N7O2S/c1-3-36-23-28-10-16(11-29-23)20-21(37-22(31-20)24(25,26)27)32-8-9-34(15(2)12-32)19(35)13-33-14-30-17-6-4-5-7-18(17)33/h4-7,10-11,14-15H,3,8-9,12-13H2,1-2H3/t15-/m1/s1. The van der Waals surface area contributed by atoms with Gasteiger partial charge in [-0.15, -0.1) is 0 Å². The first-order valence-corrected chi connectivity index (χ1v) is 12.5. The monoisotopic (exact) mass is 531 g/mol. The van der Waals surface area contributed by atoms with Crippen LogP contribution in [0.5, 0.6) is 6.01 Å². The predicted molar refractivity (Wildman–Crippen MR) is 132 cm³/mol. The number of imidazole rings is 1. The highest BCUT2D eigenvalue weighted by molar-refractivity contribution is 7.16. The van der Waals surface area contributed by atoms with E-state index >= 15 is 0 Å². The van der Waals surface area contributed by atoms with Crippen LogP contribution in [-0.2, 0) is 17.5 Å². The van der Waals surface area contributed by atoms with Crippen LogP contribution in [0.1, 0.15) is 18.9 Å². The van der Waals surface area contributed by atoms with Gasteiger partial charge in [0.2, 0.25) is 10.9 Å². The molecular formula is C24H24F3N7O2S. The minimum atomic E-state index is -4.58. The average molecular weight is 532 g/mol. The maximum Gasteiger partial charge on any atom is 0.443 e. The molecule has 0 radical (unpaired) electrons. The molecule has 1 aromatic carbocycles. The predicted octanol–water partition coefficient (Wildman–Crippen LogP) is 4.10. The molecule has 1 saturated heterocycles. The number of carbonyl (C=O) groups is 1. The number of benzene rings is 1. The summed E-state index contributed by atoms with van der Waals surface area (Å²) in [5.74, 6) is -0.0734. The number of piperazine rings is 1. The molecule has 4 heterocycles. The number of fused-ring (bicyclic) bond motifs is 1. The van der Waals surface area contributed by atoms with Gasteiger partial charge in [-0.05, 0) is 26.0 Å². The number of ether oxygens (including phenoxy) is 1. The summed E-state index contributed by atoms with van der Waals surface area (Å²) in [7, 11) is 0. The molecular weight excluding hydrogens is 507 g/mol. The number of rotatable bonds is 6. The second-order valence-electron chi connectivity index (χ2n) is 8.60. The molecule has 1 aliphatic heterocycles. The van der Waals surface area contributed by atoms with Gasteiger partial charge in [-0.25, -0.2) is 19.9 Å². The average Bonchev–Trinajstić information content (AvgIpc) is 3.50. The molecule has 0 saturated carbocycles. The van der Waals surface area contributed by atoms with Crippen LogP contribution in [0.3, 0.4) is 0 Å². The van der Waals surface area contributed by atoms with Gasteiger partial charge in [-0.3, -0.25) is 4.79 Å². The lowest BCUT2D eigenvalue weighted by molar-refractivity contribution is -0.137. The smallest absolute Gasteiger partial charge is 0.443 e. The second-order valence-corrected chi connectivity index (χ2v) is 9.58. The number of thiazole rings is 1. The molecule has 5 rings (SSSR count). The van der Waals surface area contributed by atoms with Gasteiger partial charge in [0.25, 0.3) is 0 Å². The Morgan fingerprint density at radius 3 is 2.62 bits per heavy atom. The molecule has 1 amide bonds. The first kappa shape index (κ1) is 24.9. The van der Waals surface area contributed by atoms with Crippen molar-refractivity contribution in [2.75, 3.05) is 31.1 Å². The minimum absolute atomic E-state index is 0.0734. The maximum atomic E-state index is 13.6. The van der Waals surface area contributed by atoms with Crippen LogP contribution >= 0.6 is 11.3 Å². The van der Waals surface area contributed by atoms with Crippen molar-refractivity contribution < 1.29 is 22.7 Å². The van der Waals surface area contributed by atoms with Crippen molar-refractivity contribution in [1.29, 1.82) is 0 Å². The van der Waals surface area contributed by atoms with Crippen molar-refractivity contribution in [2.24, 2.45) is 0 Å². The fraction of sp³-hybridized carbons (Fsp3) is 0.375. The van der Waals surface area contributed by atoms with E-state index in [0.717, 1.165) is 11.0 Å². The number of aromatic nitrogens is 5. The maximum absolute atomic E-state index is 13.6. The van der Waals surface area contributed by atoms with E-state index in [1.807, 2.05) is 36.1 Å². The van der Waals surface area contributed by atoms with Crippen molar-refractivity contribution in [3.8, 4) is 17.3 Å². The van der Waals surface area contributed by atoms with Gasteiger partial charge in [0.05, 0.1) is 24.0 Å². The number of anilines is 1. The van der Waals surface area contributed by atoms with E-state index in [1.165, 1.54) is 12.4 Å². The minimum Gasteiger partial charge on any atom is -0.464 e. The SMILES string of the molecule is CCOc1ncc(-c2nc(C(F)(F)F)sc2N2CCN(C(=O)Cn3cnc4ccccc43)[C@H](C)C2)cn1. The fourth-order valence-corrected chi connectivity index (χ4v) is 5.35. The van der Waals surface area contributed by atoms with E-state index < -0.39 is 11.2 Å². The number of halogens is 3. The van der Waals surface area contributed by atoms with Crippen molar-refractivity contribution in [3.63, 3.8) is 0 Å². The highest BCUT2D eigenvalue weighted by Crippen LogP contribution is 2.43. The molecule has 13 heteroatoms. The molecule has 0 aliphatic carbocycles. The topological polar surface area (TPSA) is 89.3 Å². The van der Waals surface area contributed by atoms with Crippen LogP contribution in [0.25, 0.3) is 22.3 Å². The zero-order valence-electron chi connectivity index (χ0n) is 20.1. The zero-order chi connectivity index (χ0) is 26.2. The van der Waals surface area contributed by atoms with E-state index in [9.17, 15) is 18.0 Å². The van der Waals surface area contributed by atoms with Gasteiger partial charge in [-0.1, -0.05) is 23.5 Å². The summed E-state index contributed by atoms with van der Waals surface area (Å²) in [4.78, 5) is 33.1. The van der Waals surface area contributed by atoms with Gasteiger partial charge in [-0.2, -0.15) is 13.2 Å². The van der Waals surface area contributed by atoms with Crippen LogP contribution in [0, 0.1) is 0 Å². The van der Waals surface area contributed by atoms with E-state index in [4.69, 9.17) is 4.74 Å². The molecule has 37 heavy (non-hydrogen) atoms. The molecule has 0 unspecified atom stereocenters. The molecule has 0 bridgehead atoms. The van der Waals surface area contributed by atoms with E-state index in [-0.39, 0.29) is 30.2 Å². The molecule has 194 valence electrons. The van der Waals surface area contributed by atoms with E-state index in [2.05, 4.69) is 19.9 Å². The first-order valence-electron chi connectivity index (χ1n) is 11.7. The molecule has 3 aromatic heterocycles. The largest absolute Gasteiger partial charge is 0.464 e. The van der Waals surface area contributed by atoms with Crippen LogP contribution in [-0.4, -0.2) is 67.6 Å². The summed E-state index contributed by atoms with van der Waals surface area (Å²) < 4.78 is 47.8. The summed E-state index contributed by atoms with van der Waals surface area (Å²) in [5, 5.41) is -0.566. The number of amides is 1. The number of nitrogens with zero attached hydrogens (tertiary/aromatic N) is 7. The Morgan fingerprint density at radius 1 is 1.16 bits per heavy atom. The van der Waals surface area contributed by atoms with Crippen LogP contribution in [0.15, 0.2) is 43.0 Å². The number of hydrogen-bond acceptors (Lipinski definition) is 8. The third kappa shape index (κ3) is 5.08. The second kappa shape index (κ2) is 9.96. The van der Waals surface area contributed by atoms with Crippen molar-refractivity contribution >= 4 is 33.3 Å². The number of hydrogen-bond donors (Lipinski definition) is 0. The Morgan fingerprint density at radius 2 is 1.92 bits per heavy atom. The highest BCUT2D eigenvalue weighted by Gasteiger charge is 2.38. The Kier molecular flexibility index (Phi) is 6.71.